The Kier molecular flexibility index (Phi) is 6.66. The maximum absolute atomic E-state index is 10.0. The predicted octanol–water partition coefficient (Wildman–Crippen LogP) is 1.72. The molecule has 0 spiro atoms. The van der Waals surface area contributed by atoms with Gasteiger partial charge in [-0.3, -0.25) is 4.79 Å². The van der Waals surface area contributed by atoms with Crippen molar-refractivity contribution in [3.8, 4) is 12.3 Å². The van der Waals surface area contributed by atoms with Crippen molar-refractivity contribution in [1.29, 1.82) is 0 Å². The Morgan fingerprint density at radius 3 is 2.06 bits per heavy atom. The summed E-state index contributed by atoms with van der Waals surface area (Å²) in [6.07, 6.45) is 5.10. The first-order valence-corrected chi connectivity index (χ1v) is 4.99. The van der Waals surface area contributed by atoms with Crippen LogP contribution in [-0.2, 0) is 4.79 Å². The van der Waals surface area contributed by atoms with Crippen molar-refractivity contribution in [1.82, 2.24) is 0 Å². The van der Waals surface area contributed by atoms with E-state index in [1.807, 2.05) is 30.3 Å². The van der Waals surface area contributed by atoms with E-state index >= 15 is 0 Å². The van der Waals surface area contributed by atoms with E-state index in [1.165, 1.54) is 0 Å². The number of aliphatic carboxylic acids is 1. The first-order chi connectivity index (χ1) is 7.49. The summed E-state index contributed by atoms with van der Waals surface area (Å²) in [5.74, 6) is 1.62. The molecule has 3 heteroatoms. The van der Waals surface area contributed by atoms with Crippen LogP contribution >= 0.6 is 0 Å². The molecule has 3 nitrogen and oxygen atoms in total. The largest absolute Gasteiger partial charge is 0.480 e. The van der Waals surface area contributed by atoms with E-state index in [9.17, 15) is 4.79 Å². The van der Waals surface area contributed by atoms with Gasteiger partial charge in [0.05, 0.1) is 0 Å². The summed E-state index contributed by atoms with van der Waals surface area (Å²) >= 11 is 0. The number of carbonyl (C=O) groups is 1. The molecule has 1 aromatic rings. The molecule has 1 atom stereocenters. The van der Waals surface area contributed by atoms with Crippen LogP contribution in [0, 0.1) is 18.3 Å². The van der Waals surface area contributed by atoms with Gasteiger partial charge in [0, 0.05) is 5.56 Å². The molecule has 1 rings (SSSR count). The molecule has 16 heavy (non-hydrogen) atoms. The number of benzene rings is 1. The average molecular weight is 219 g/mol. The van der Waals surface area contributed by atoms with Crippen molar-refractivity contribution in [3.63, 3.8) is 0 Å². The van der Waals surface area contributed by atoms with Crippen LogP contribution in [0.25, 0.3) is 0 Å². The molecular weight excluding hydrogens is 202 g/mol. The summed E-state index contributed by atoms with van der Waals surface area (Å²) in [4.78, 5) is 10.0. The molecule has 0 saturated carbocycles. The molecule has 0 heterocycles. The first-order valence-electron chi connectivity index (χ1n) is 4.99. The summed E-state index contributed by atoms with van der Waals surface area (Å²) in [6.45, 7) is 3.55. The zero-order chi connectivity index (χ0) is 12.6. The molecule has 0 aliphatic rings. The van der Waals surface area contributed by atoms with Crippen LogP contribution in [0.1, 0.15) is 19.4 Å². The molecule has 1 aromatic carbocycles. The Morgan fingerprint density at radius 2 is 1.88 bits per heavy atom. The van der Waals surface area contributed by atoms with E-state index in [2.05, 4.69) is 5.92 Å². The third kappa shape index (κ3) is 5.84. The fraction of sp³-hybridized carbons (Fsp3) is 0.308. The highest BCUT2D eigenvalue weighted by molar-refractivity contribution is 5.73. The molecule has 0 aromatic heterocycles. The monoisotopic (exact) mass is 219 g/mol. The van der Waals surface area contributed by atoms with Gasteiger partial charge in [-0.1, -0.05) is 38.0 Å². The lowest BCUT2D eigenvalue weighted by Gasteiger charge is -2.07. The van der Waals surface area contributed by atoms with Crippen molar-refractivity contribution in [2.45, 2.75) is 19.9 Å². The predicted molar refractivity (Wildman–Crippen MR) is 64.8 cm³/mol. The summed E-state index contributed by atoms with van der Waals surface area (Å²) < 4.78 is 0. The van der Waals surface area contributed by atoms with Crippen molar-refractivity contribution in [2.75, 3.05) is 0 Å². The molecule has 0 amide bonds. The van der Waals surface area contributed by atoms with Gasteiger partial charge in [-0.25, -0.2) is 0 Å². The fourth-order valence-electron chi connectivity index (χ4n) is 0.820. The second-order valence-electron chi connectivity index (χ2n) is 3.62. The molecular formula is C13H17NO2. The number of terminal acetylenes is 1. The van der Waals surface area contributed by atoms with Crippen LogP contribution in [0.2, 0.25) is 0 Å². The van der Waals surface area contributed by atoms with E-state index in [0.29, 0.717) is 0 Å². The normalized spacial score (nSPS) is 10.9. The van der Waals surface area contributed by atoms with Gasteiger partial charge < -0.3 is 10.8 Å². The van der Waals surface area contributed by atoms with Gasteiger partial charge in [0.1, 0.15) is 6.04 Å². The van der Waals surface area contributed by atoms with Crippen LogP contribution in [-0.4, -0.2) is 17.1 Å². The van der Waals surface area contributed by atoms with Crippen LogP contribution in [0.4, 0.5) is 0 Å². The number of nitrogens with two attached hydrogens (primary N) is 1. The van der Waals surface area contributed by atoms with Crippen molar-refractivity contribution >= 4 is 5.97 Å². The van der Waals surface area contributed by atoms with Crippen molar-refractivity contribution in [3.05, 3.63) is 35.9 Å². The molecule has 0 bridgehead atoms. The number of carboxylic acids is 1. The number of carboxylic acid groups (broad SMARTS) is 1. The minimum Gasteiger partial charge on any atom is -0.480 e. The average Bonchev–Trinajstić information content (AvgIpc) is 2.29. The fourth-order valence-corrected chi connectivity index (χ4v) is 0.820. The minimum atomic E-state index is -0.931. The Labute approximate surface area is 96.3 Å². The van der Waals surface area contributed by atoms with Crippen molar-refractivity contribution in [2.24, 2.45) is 11.7 Å². The highest BCUT2D eigenvalue weighted by Gasteiger charge is 2.14. The number of hydrogen-bond acceptors (Lipinski definition) is 2. The molecule has 0 aliphatic heterocycles. The van der Waals surface area contributed by atoms with Gasteiger partial charge >= 0.3 is 5.97 Å². The first kappa shape index (κ1) is 14.2. The van der Waals surface area contributed by atoms with Gasteiger partial charge in [-0.05, 0) is 18.1 Å². The van der Waals surface area contributed by atoms with Gasteiger partial charge in [0.25, 0.3) is 0 Å². The van der Waals surface area contributed by atoms with Gasteiger partial charge in [-0.2, -0.15) is 0 Å². The Hall–Kier alpha value is -1.79. The molecule has 0 fully saturated rings. The number of hydrogen-bond donors (Lipinski definition) is 2. The van der Waals surface area contributed by atoms with E-state index in [-0.39, 0.29) is 5.92 Å². The summed E-state index contributed by atoms with van der Waals surface area (Å²) in [7, 11) is 0. The lowest BCUT2D eigenvalue weighted by Crippen LogP contribution is -2.34. The maximum atomic E-state index is 10.0. The van der Waals surface area contributed by atoms with E-state index in [0.717, 1.165) is 5.56 Å². The highest BCUT2D eigenvalue weighted by atomic mass is 16.4. The summed E-state index contributed by atoms with van der Waals surface area (Å²) in [5.41, 5.74) is 6.10. The molecule has 0 aliphatic carbocycles. The lowest BCUT2D eigenvalue weighted by molar-refractivity contribution is -0.139. The minimum absolute atomic E-state index is 0.0208. The Morgan fingerprint density at radius 1 is 1.38 bits per heavy atom. The van der Waals surface area contributed by atoms with Crippen molar-refractivity contribution < 1.29 is 9.90 Å². The lowest BCUT2D eigenvalue weighted by atomic mass is 10.1. The van der Waals surface area contributed by atoms with Gasteiger partial charge in [0.15, 0.2) is 0 Å². The molecule has 0 unspecified atom stereocenters. The second-order valence-corrected chi connectivity index (χ2v) is 3.62. The molecule has 0 radical (unpaired) electrons. The molecule has 3 N–H and O–H groups in total. The van der Waals surface area contributed by atoms with E-state index < -0.39 is 12.0 Å². The molecule has 86 valence electrons. The van der Waals surface area contributed by atoms with Crippen LogP contribution in [0.5, 0.6) is 0 Å². The topological polar surface area (TPSA) is 63.3 Å². The standard InChI is InChI=1S/C8H6.C5H11NO2/c1-2-8-6-4-3-5-7-8;1-3(2)4(6)5(7)8/h1,3-7H;3-4H,6H2,1-2H3,(H,7,8)/t;4-/m.0/s1. The zero-order valence-corrected chi connectivity index (χ0v) is 9.55. The third-order valence-electron chi connectivity index (χ3n) is 1.94. The second kappa shape index (κ2) is 7.49. The smallest absolute Gasteiger partial charge is 0.320 e. The summed E-state index contributed by atoms with van der Waals surface area (Å²) in [5, 5.41) is 8.23. The highest BCUT2D eigenvalue weighted by Crippen LogP contribution is 1.96. The van der Waals surface area contributed by atoms with Gasteiger partial charge in [-0.15, -0.1) is 6.42 Å². The number of rotatable bonds is 2. The zero-order valence-electron chi connectivity index (χ0n) is 9.55. The molecule has 0 saturated heterocycles. The summed E-state index contributed by atoms with van der Waals surface area (Å²) in [6, 6.07) is 8.89. The maximum Gasteiger partial charge on any atom is 0.320 e. The van der Waals surface area contributed by atoms with E-state index in [4.69, 9.17) is 17.3 Å². The third-order valence-corrected chi connectivity index (χ3v) is 1.94. The van der Waals surface area contributed by atoms with Crippen LogP contribution < -0.4 is 5.73 Å². The Balaban J connectivity index is 0.000000281. The Bertz CT molecular complexity index is 352. The quantitative estimate of drug-likeness (QED) is 0.744. The van der Waals surface area contributed by atoms with Crippen LogP contribution in [0.15, 0.2) is 30.3 Å². The van der Waals surface area contributed by atoms with E-state index in [1.54, 1.807) is 13.8 Å². The SMILES string of the molecule is C#Cc1ccccc1.CC(C)[C@H](N)C(=O)O. The van der Waals surface area contributed by atoms with Crippen LogP contribution in [0.3, 0.4) is 0 Å². The van der Waals surface area contributed by atoms with Gasteiger partial charge in [0.2, 0.25) is 0 Å².